The van der Waals surface area contributed by atoms with Gasteiger partial charge in [0.05, 0.1) is 23.2 Å². The molecule has 4 rings (SSSR count). The summed E-state index contributed by atoms with van der Waals surface area (Å²) >= 11 is 0. The molecule has 0 radical (unpaired) electrons. The number of fused-ring (bicyclic) bond motifs is 1. The van der Waals surface area contributed by atoms with Gasteiger partial charge in [0.1, 0.15) is 11.6 Å². The lowest BCUT2D eigenvalue weighted by atomic mass is 10.1. The van der Waals surface area contributed by atoms with Crippen molar-refractivity contribution in [1.82, 2.24) is 9.55 Å². The number of nitrogens with zero attached hydrogens (tertiary/aromatic N) is 2. The lowest BCUT2D eigenvalue weighted by Gasteiger charge is -2.17. The minimum absolute atomic E-state index is 0.000539. The monoisotopic (exact) mass is 363 g/mol. The number of rotatable bonds is 5. The third-order valence-corrected chi connectivity index (χ3v) is 5.32. The molecule has 140 valence electrons. The molecule has 1 fully saturated rings. The largest absolute Gasteiger partial charge is 0.494 e. The summed E-state index contributed by atoms with van der Waals surface area (Å²) in [7, 11) is 1.99. The number of hydrogen-bond acceptors (Lipinski definition) is 4. The zero-order valence-corrected chi connectivity index (χ0v) is 15.9. The molecule has 1 aliphatic carbocycles. The maximum Gasteiger partial charge on any atom is 0.193 e. The molecule has 1 aliphatic rings. The lowest BCUT2D eigenvalue weighted by molar-refractivity contribution is 0.340. The molecular formula is C22H25N3O2. The second kappa shape index (κ2) is 7.43. The van der Waals surface area contributed by atoms with Crippen molar-refractivity contribution in [3.05, 3.63) is 52.8 Å². The molecule has 5 nitrogen and oxygen atoms in total. The molecule has 0 aliphatic heterocycles. The van der Waals surface area contributed by atoms with Crippen LogP contribution in [0, 0.1) is 0 Å². The molecule has 5 heteroatoms. The van der Waals surface area contributed by atoms with Crippen molar-refractivity contribution < 1.29 is 4.74 Å². The first kappa shape index (κ1) is 17.6. The van der Waals surface area contributed by atoms with Crippen LogP contribution < -0.4 is 15.5 Å². The van der Waals surface area contributed by atoms with E-state index >= 15 is 0 Å². The number of aromatic nitrogens is 2. The predicted molar refractivity (Wildman–Crippen MR) is 109 cm³/mol. The van der Waals surface area contributed by atoms with E-state index in [0.29, 0.717) is 23.9 Å². The van der Waals surface area contributed by atoms with Crippen LogP contribution in [0.4, 0.5) is 5.82 Å². The van der Waals surface area contributed by atoms with E-state index in [9.17, 15) is 4.79 Å². The summed E-state index contributed by atoms with van der Waals surface area (Å²) in [6, 6.07) is 11.9. The van der Waals surface area contributed by atoms with E-state index in [1.165, 1.54) is 12.8 Å². The van der Waals surface area contributed by atoms with Crippen molar-refractivity contribution in [3.63, 3.8) is 0 Å². The Morgan fingerprint density at radius 2 is 1.93 bits per heavy atom. The molecule has 2 aromatic heterocycles. The number of nitrogens with one attached hydrogen (secondary N) is 1. The van der Waals surface area contributed by atoms with Crippen molar-refractivity contribution in [2.75, 3.05) is 11.9 Å². The SMILES string of the molecule is CCOc1ccc(-c2cc(=O)c3c(NC4CCCC4)nccc3n2C)cc1. The Bertz CT molecular complexity index is 1000. The minimum atomic E-state index is 0.000539. The van der Waals surface area contributed by atoms with Gasteiger partial charge in [0.15, 0.2) is 5.43 Å². The Labute approximate surface area is 159 Å². The molecule has 3 aromatic rings. The minimum Gasteiger partial charge on any atom is -0.494 e. The number of pyridine rings is 2. The topological polar surface area (TPSA) is 56.1 Å². The molecule has 1 aromatic carbocycles. The summed E-state index contributed by atoms with van der Waals surface area (Å²) in [4.78, 5) is 17.4. The Morgan fingerprint density at radius 3 is 2.63 bits per heavy atom. The van der Waals surface area contributed by atoms with Crippen LogP contribution in [0.2, 0.25) is 0 Å². The smallest absolute Gasteiger partial charge is 0.193 e. The third-order valence-electron chi connectivity index (χ3n) is 5.32. The van der Waals surface area contributed by atoms with E-state index in [2.05, 4.69) is 14.9 Å². The summed E-state index contributed by atoms with van der Waals surface area (Å²) in [5.41, 5.74) is 2.76. The molecule has 0 bridgehead atoms. The highest BCUT2D eigenvalue weighted by Gasteiger charge is 2.18. The maximum atomic E-state index is 13.0. The normalized spacial score (nSPS) is 14.6. The van der Waals surface area contributed by atoms with Crippen LogP contribution >= 0.6 is 0 Å². The number of benzene rings is 1. The highest BCUT2D eigenvalue weighted by Crippen LogP contribution is 2.28. The van der Waals surface area contributed by atoms with Crippen LogP contribution in [0.3, 0.4) is 0 Å². The fraction of sp³-hybridized carbons (Fsp3) is 0.364. The molecule has 1 saturated carbocycles. The highest BCUT2D eigenvalue weighted by atomic mass is 16.5. The second-order valence-electron chi connectivity index (χ2n) is 7.09. The number of aryl methyl sites for hydroxylation is 1. The van der Waals surface area contributed by atoms with Crippen molar-refractivity contribution in [2.45, 2.75) is 38.6 Å². The van der Waals surface area contributed by atoms with Gasteiger partial charge in [-0.3, -0.25) is 4.79 Å². The summed E-state index contributed by atoms with van der Waals surface area (Å²) in [5, 5.41) is 4.16. The van der Waals surface area contributed by atoms with Gasteiger partial charge in [-0.1, -0.05) is 12.8 Å². The standard InChI is InChI=1S/C22H25N3O2/c1-3-27-17-10-8-15(9-11-17)19-14-20(26)21-18(25(19)2)12-13-23-22(21)24-16-6-4-5-7-16/h8-14,16H,3-7H2,1-2H3,(H,23,24). The molecule has 0 saturated heterocycles. The Morgan fingerprint density at radius 1 is 1.19 bits per heavy atom. The lowest BCUT2D eigenvalue weighted by Crippen LogP contribution is -2.19. The van der Waals surface area contributed by atoms with Gasteiger partial charge >= 0.3 is 0 Å². The predicted octanol–water partition coefficient (Wildman–Crippen LogP) is 4.35. The van der Waals surface area contributed by atoms with Crippen LogP contribution in [-0.2, 0) is 7.05 Å². The third kappa shape index (κ3) is 3.42. The Balaban J connectivity index is 1.78. The van der Waals surface area contributed by atoms with Gasteiger partial charge < -0.3 is 14.6 Å². The molecule has 0 atom stereocenters. The van der Waals surface area contributed by atoms with Crippen molar-refractivity contribution in [3.8, 4) is 17.0 Å². The van der Waals surface area contributed by atoms with Crippen molar-refractivity contribution in [1.29, 1.82) is 0 Å². The van der Waals surface area contributed by atoms with Crippen LogP contribution in [0.5, 0.6) is 5.75 Å². The fourth-order valence-electron chi connectivity index (χ4n) is 3.94. The van der Waals surface area contributed by atoms with E-state index < -0.39 is 0 Å². The van der Waals surface area contributed by atoms with Gasteiger partial charge in [0.25, 0.3) is 0 Å². The Kier molecular flexibility index (Phi) is 4.84. The summed E-state index contributed by atoms with van der Waals surface area (Å²) in [6.07, 6.45) is 6.54. The summed E-state index contributed by atoms with van der Waals surface area (Å²) in [5.74, 6) is 1.54. The zero-order valence-electron chi connectivity index (χ0n) is 15.9. The number of anilines is 1. The Hall–Kier alpha value is -2.82. The van der Waals surface area contributed by atoms with E-state index in [4.69, 9.17) is 4.74 Å². The molecule has 2 heterocycles. The molecule has 0 amide bonds. The molecule has 0 spiro atoms. The summed E-state index contributed by atoms with van der Waals surface area (Å²) < 4.78 is 7.58. The first-order chi connectivity index (χ1) is 13.2. The van der Waals surface area contributed by atoms with E-state index in [1.807, 2.05) is 44.3 Å². The van der Waals surface area contributed by atoms with Gasteiger partial charge in [-0.2, -0.15) is 0 Å². The first-order valence-electron chi connectivity index (χ1n) is 9.66. The van der Waals surface area contributed by atoms with Gasteiger partial charge in [-0.15, -0.1) is 0 Å². The zero-order chi connectivity index (χ0) is 18.8. The molecular weight excluding hydrogens is 338 g/mol. The van der Waals surface area contributed by atoms with Crippen LogP contribution in [0.15, 0.2) is 47.4 Å². The second-order valence-corrected chi connectivity index (χ2v) is 7.09. The quantitative estimate of drug-likeness (QED) is 0.732. The van der Waals surface area contributed by atoms with Gasteiger partial charge in [-0.25, -0.2) is 4.98 Å². The molecule has 0 unspecified atom stereocenters. The first-order valence-corrected chi connectivity index (χ1v) is 9.66. The van der Waals surface area contributed by atoms with Crippen LogP contribution in [0.25, 0.3) is 22.2 Å². The van der Waals surface area contributed by atoms with Gasteiger partial charge in [0, 0.05) is 25.4 Å². The van der Waals surface area contributed by atoms with Crippen molar-refractivity contribution in [2.24, 2.45) is 7.05 Å². The maximum absolute atomic E-state index is 13.0. The molecule has 1 N–H and O–H groups in total. The van der Waals surface area contributed by atoms with Gasteiger partial charge in [0.2, 0.25) is 0 Å². The van der Waals surface area contributed by atoms with E-state index in [0.717, 1.165) is 35.4 Å². The average molecular weight is 363 g/mol. The number of hydrogen-bond donors (Lipinski definition) is 1. The van der Waals surface area contributed by atoms with E-state index in [1.54, 1.807) is 12.3 Å². The van der Waals surface area contributed by atoms with Crippen LogP contribution in [-0.4, -0.2) is 22.2 Å². The molecule has 27 heavy (non-hydrogen) atoms. The van der Waals surface area contributed by atoms with Crippen LogP contribution in [0.1, 0.15) is 32.6 Å². The highest BCUT2D eigenvalue weighted by molar-refractivity contribution is 5.91. The van der Waals surface area contributed by atoms with Gasteiger partial charge in [-0.05, 0) is 55.7 Å². The van der Waals surface area contributed by atoms with Crippen molar-refractivity contribution >= 4 is 16.7 Å². The average Bonchev–Trinajstić information content (AvgIpc) is 3.19. The number of ether oxygens (including phenoxy) is 1. The fourth-order valence-corrected chi connectivity index (χ4v) is 3.94. The summed E-state index contributed by atoms with van der Waals surface area (Å²) in [6.45, 7) is 2.60. The van der Waals surface area contributed by atoms with E-state index in [-0.39, 0.29) is 5.43 Å².